The fraction of sp³-hybridized carbons (Fsp3) is 0.917. The molecule has 0 amide bonds. The highest BCUT2D eigenvalue weighted by Crippen LogP contribution is 2.23. The van der Waals surface area contributed by atoms with Crippen LogP contribution in [0.2, 0.25) is 0 Å². The molecule has 1 heterocycles. The first-order valence-corrected chi connectivity index (χ1v) is 6.45. The molecular weight excluding hydrogens is 261 g/mol. The minimum atomic E-state index is -4.36. The zero-order valence-corrected chi connectivity index (χ0v) is 11.3. The second kappa shape index (κ2) is 6.56. The molecule has 0 aromatic carbocycles. The molecule has 0 saturated carbocycles. The number of carboxylic acid groups (broad SMARTS) is 1. The molecule has 1 saturated heterocycles. The molecule has 0 radical (unpaired) electrons. The molecule has 1 aliphatic heterocycles. The highest BCUT2D eigenvalue weighted by molar-refractivity contribution is 5.69. The summed E-state index contributed by atoms with van der Waals surface area (Å²) in [6.07, 6.45) is -3.19. The van der Waals surface area contributed by atoms with E-state index in [-0.39, 0.29) is 6.04 Å². The largest absolute Gasteiger partial charge is 0.480 e. The van der Waals surface area contributed by atoms with Crippen LogP contribution in [0.3, 0.4) is 0 Å². The van der Waals surface area contributed by atoms with E-state index in [0.29, 0.717) is 18.9 Å². The van der Waals surface area contributed by atoms with Gasteiger partial charge in [0.05, 0.1) is 13.1 Å². The predicted octanol–water partition coefficient (Wildman–Crippen LogP) is 1.81. The summed E-state index contributed by atoms with van der Waals surface area (Å²) in [6.45, 7) is 3.83. The van der Waals surface area contributed by atoms with E-state index in [4.69, 9.17) is 5.11 Å². The number of aliphatic carboxylic acids is 1. The van der Waals surface area contributed by atoms with Gasteiger partial charge in [0.2, 0.25) is 0 Å². The minimum absolute atomic E-state index is 0.298. The molecule has 0 spiro atoms. The Morgan fingerprint density at radius 3 is 2.26 bits per heavy atom. The smallest absolute Gasteiger partial charge is 0.401 e. The molecule has 0 unspecified atom stereocenters. The number of nitrogens with zero attached hydrogens (tertiary/aromatic N) is 2. The van der Waals surface area contributed by atoms with Gasteiger partial charge in [0.25, 0.3) is 0 Å². The zero-order valence-electron chi connectivity index (χ0n) is 11.3. The van der Waals surface area contributed by atoms with Crippen molar-refractivity contribution in [2.45, 2.75) is 44.9 Å². The Balaban J connectivity index is 2.59. The van der Waals surface area contributed by atoms with Crippen LogP contribution in [-0.2, 0) is 4.79 Å². The molecule has 7 heteroatoms. The summed E-state index contributed by atoms with van der Waals surface area (Å²) in [5.74, 6) is -1.21. The molecule has 112 valence electrons. The number of rotatable bonds is 5. The van der Waals surface area contributed by atoms with Crippen molar-refractivity contribution in [2.24, 2.45) is 0 Å². The summed E-state index contributed by atoms with van der Waals surface area (Å²) in [5.41, 5.74) is 0. The van der Waals surface area contributed by atoms with E-state index in [1.165, 1.54) is 0 Å². The molecule has 0 aromatic rings. The Bertz CT molecular complexity index is 300. The van der Waals surface area contributed by atoms with Gasteiger partial charge in [0.15, 0.2) is 0 Å². The highest BCUT2D eigenvalue weighted by atomic mass is 19.4. The molecule has 0 bridgehead atoms. The van der Waals surface area contributed by atoms with Crippen LogP contribution in [0, 0.1) is 0 Å². The lowest BCUT2D eigenvalue weighted by Crippen LogP contribution is -2.50. The molecule has 1 rings (SSSR count). The Morgan fingerprint density at radius 1 is 1.37 bits per heavy atom. The monoisotopic (exact) mass is 282 g/mol. The van der Waals surface area contributed by atoms with Crippen LogP contribution in [0.1, 0.15) is 26.7 Å². The Kier molecular flexibility index (Phi) is 5.61. The summed E-state index contributed by atoms with van der Waals surface area (Å²) >= 11 is 0. The molecule has 0 aromatic heterocycles. The number of alkyl halides is 3. The van der Waals surface area contributed by atoms with Gasteiger partial charge in [0, 0.05) is 12.1 Å². The van der Waals surface area contributed by atoms with Crippen molar-refractivity contribution in [1.82, 2.24) is 9.80 Å². The fourth-order valence-corrected chi connectivity index (χ4v) is 2.49. The van der Waals surface area contributed by atoms with E-state index >= 15 is 0 Å². The molecule has 1 aliphatic rings. The van der Waals surface area contributed by atoms with Crippen molar-refractivity contribution in [1.29, 1.82) is 0 Å². The minimum Gasteiger partial charge on any atom is -0.480 e. The maximum absolute atomic E-state index is 12.5. The van der Waals surface area contributed by atoms with Crippen LogP contribution in [0.15, 0.2) is 0 Å². The lowest BCUT2D eigenvalue weighted by atomic mass is 10.0. The fourth-order valence-electron chi connectivity index (χ4n) is 2.49. The molecule has 1 N–H and O–H groups in total. The second-order valence-corrected chi connectivity index (χ2v) is 5.27. The van der Waals surface area contributed by atoms with Crippen molar-refractivity contribution < 1.29 is 23.1 Å². The van der Waals surface area contributed by atoms with Gasteiger partial charge < -0.3 is 10.0 Å². The number of carbonyl (C=O) groups is 1. The van der Waals surface area contributed by atoms with Crippen LogP contribution < -0.4 is 0 Å². The SMILES string of the molecule is CC(C)N1CCC(N(CC(=O)O)CC(F)(F)F)CC1. The lowest BCUT2D eigenvalue weighted by Gasteiger charge is -2.39. The molecular formula is C12H21F3N2O2. The van der Waals surface area contributed by atoms with Crippen molar-refractivity contribution in [3.8, 4) is 0 Å². The van der Waals surface area contributed by atoms with Gasteiger partial charge in [-0.2, -0.15) is 13.2 Å². The molecule has 4 nitrogen and oxygen atoms in total. The highest BCUT2D eigenvalue weighted by Gasteiger charge is 2.36. The van der Waals surface area contributed by atoms with Crippen molar-refractivity contribution in [3.05, 3.63) is 0 Å². The summed E-state index contributed by atoms with van der Waals surface area (Å²) < 4.78 is 37.4. The van der Waals surface area contributed by atoms with Gasteiger partial charge in [-0.25, -0.2) is 0 Å². The summed E-state index contributed by atoms with van der Waals surface area (Å²) in [4.78, 5) is 13.9. The second-order valence-electron chi connectivity index (χ2n) is 5.27. The maximum atomic E-state index is 12.5. The summed E-state index contributed by atoms with van der Waals surface area (Å²) in [5, 5.41) is 8.73. The van der Waals surface area contributed by atoms with Gasteiger partial charge >= 0.3 is 12.1 Å². The van der Waals surface area contributed by atoms with Crippen LogP contribution in [0.4, 0.5) is 13.2 Å². The number of piperidine rings is 1. The normalized spacial score (nSPS) is 19.3. The zero-order chi connectivity index (χ0) is 14.6. The summed E-state index contributed by atoms with van der Waals surface area (Å²) in [6, 6.07) is 0.0733. The summed E-state index contributed by atoms with van der Waals surface area (Å²) in [7, 11) is 0. The van der Waals surface area contributed by atoms with Gasteiger partial charge in [-0.15, -0.1) is 0 Å². The number of halogens is 3. The standard InChI is InChI=1S/C12H21F3N2O2/c1-9(2)16-5-3-10(4-6-16)17(7-11(18)19)8-12(13,14)15/h9-10H,3-8H2,1-2H3,(H,18,19). The van der Waals surface area contributed by atoms with Crippen molar-refractivity contribution >= 4 is 5.97 Å². The number of likely N-dealkylation sites (tertiary alicyclic amines) is 1. The van der Waals surface area contributed by atoms with E-state index in [1.54, 1.807) is 0 Å². The first kappa shape index (κ1) is 16.2. The van der Waals surface area contributed by atoms with Crippen LogP contribution in [-0.4, -0.2) is 65.3 Å². The van der Waals surface area contributed by atoms with Crippen LogP contribution in [0.5, 0.6) is 0 Å². The van der Waals surface area contributed by atoms with Crippen molar-refractivity contribution in [2.75, 3.05) is 26.2 Å². The topological polar surface area (TPSA) is 43.8 Å². The third-order valence-corrected chi connectivity index (χ3v) is 3.47. The maximum Gasteiger partial charge on any atom is 0.401 e. The molecule has 0 atom stereocenters. The first-order valence-electron chi connectivity index (χ1n) is 6.45. The quantitative estimate of drug-likeness (QED) is 0.835. The average Bonchev–Trinajstić information content (AvgIpc) is 2.25. The van der Waals surface area contributed by atoms with E-state index < -0.39 is 25.2 Å². The number of carboxylic acids is 1. The number of hydrogen-bond donors (Lipinski definition) is 1. The van der Waals surface area contributed by atoms with Crippen LogP contribution in [0.25, 0.3) is 0 Å². The Morgan fingerprint density at radius 2 is 1.89 bits per heavy atom. The van der Waals surface area contributed by atoms with E-state index in [9.17, 15) is 18.0 Å². The van der Waals surface area contributed by atoms with Gasteiger partial charge in [-0.1, -0.05) is 0 Å². The van der Waals surface area contributed by atoms with Crippen molar-refractivity contribution in [3.63, 3.8) is 0 Å². The lowest BCUT2D eigenvalue weighted by molar-refractivity contribution is -0.160. The Hall–Kier alpha value is -0.820. The molecule has 19 heavy (non-hydrogen) atoms. The van der Waals surface area contributed by atoms with Gasteiger partial charge in [-0.3, -0.25) is 9.69 Å². The molecule has 1 fully saturated rings. The van der Waals surface area contributed by atoms with Crippen LogP contribution >= 0.6 is 0 Å². The third-order valence-electron chi connectivity index (χ3n) is 3.47. The first-order chi connectivity index (χ1) is 8.69. The van der Waals surface area contributed by atoms with E-state index in [2.05, 4.69) is 4.90 Å². The Labute approximate surface area is 111 Å². The van der Waals surface area contributed by atoms with Gasteiger partial charge in [-0.05, 0) is 39.8 Å². The number of hydrogen-bond acceptors (Lipinski definition) is 3. The predicted molar refractivity (Wildman–Crippen MR) is 65.0 cm³/mol. The molecule has 0 aliphatic carbocycles. The van der Waals surface area contributed by atoms with Gasteiger partial charge in [0.1, 0.15) is 0 Å². The third kappa shape index (κ3) is 5.78. The average molecular weight is 282 g/mol. The van der Waals surface area contributed by atoms with E-state index in [0.717, 1.165) is 18.0 Å². The van der Waals surface area contributed by atoms with E-state index in [1.807, 2.05) is 13.8 Å².